The highest BCUT2D eigenvalue weighted by molar-refractivity contribution is 7.99. The third-order valence-corrected chi connectivity index (χ3v) is 9.26. The number of amides is 3. The first-order valence-corrected chi connectivity index (χ1v) is 16.1. The van der Waals surface area contributed by atoms with Gasteiger partial charge in [-0.15, -0.1) is 5.10 Å². The van der Waals surface area contributed by atoms with Crippen LogP contribution in [0.4, 0.5) is 10.5 Å². The second kappa shape index (κ2) is 14.4. The number of carbonyl (C=O) groups is 3. The normalized spacial score (nSPS) is 22.8. The third kappa shape index (κ3) is 7.36. The van der Waals surface area contributed by atoms with Crippen LogP contribution in [0, 0.1) is 5.92 Å². The molecule has 3 heterocycles. The molecule has 2 saturated heterocycles. The Hall–Kier alpha value is -4.63. The molecule has 244 valence electrons. The Morgan fingerprint density at radius 3 is 2.40 bits per heavy atom. The van der Waals surface area contributed by atoms with Crippen molar-refractivity contribution in [2.45, 2.75) is 56.3 Å². The molecule has 2 N–H and O–H groups in total. The minimum Gasteiger partial charge on any atom is -0.445 e. The lowest BCUT2D eigenvalue weighted by Crippen LogP contribution is -2.42. The molecule has 0 saturated carbocycles. The summed E-state index contributed by atoms with van der Waals surface area (Å²) in [6.07, 6.45) is -2.26. The number of benzene rings is 3. The maximum atomic E-state index is 13.2. The van der Waals surface area contributed by atoms with Gasteiger partial charge in [-0.3, -0.25) is 9.59 Å². The van der Waals surface area contributed by atoms with Crippen LogP contribution in [0.2, 0.25) is 0 Å². The van der Waals surface area contributed by atoms with Gasteiger partial charge in [0.2, 0.25) is 11.1 Å². The zero-order valence-electron chi connectivity index (χ0n) is 25.8. The quantitative estimate of drug-likeness (QED) is 0.188. The van der Waals surface area contributed by atoms with Crippen LogP contribution in [0.3, 0.4) is 0 Å². The average molecular weight is 659 g/mol. The molecule has 0 bridgehead atoms. The van der Waals surface area contributed by atoms with Crippen LogP contribution < -0.4 is 10.2 Å². The number of aliphatic hydroxyl groups excluding tert-OH is 1. The molecule has 1 aromatic heterocycles. The van der Waals surface area contributed by atoms with Crippen molar-refractivity contribution >= 4 is 35.4 Å². The van der Waals surface area contributed by atoms with Gasteiger partial charge in [0.05, 0.1) is 30.9 Å². The minimum atomic E-state index is -1.03. The molecule has 1 unspecified atom stereocenters. The van der Waals surface area contributed by atoms with Crippen molar-refractivity contribution in [3.8, 4) is 0 Å². The zero-order chi connectivity index (χ0) is 32.9. The number of nitrogens with zero attached hydrogens (tertiary/aromatic N) is 5. The molecule has 3 amide bonds. The van der Waals surface area contributed by atoms with E-state index in [0.717, 1.165) is 21.6 Å². The largest absolute Gasteiger partial charge is 0.445 e. The van der Waals surface area contributed by atoms with Crippen LogP contribution in [-0.2, 0) is 44.1 Å². The first-order chi connectivity index (χ1) is 22.8. The molecular formula is C33H34N6O7S. The van der Waals surface area contributed by atoms with Gasteiger partial charge in [0.25, 0.3) is 5.91 Å². The molecule has 4 aromatic rings. The molecule has 0 aliphatic carbocycles. The summed E-state index contributed by atoms with van der Waals surface area (Å²) >= 11 is 1.48. The number of hydrogen-bond acceptors (Lipinski definition) is 11. The van der Waals surface area contributed by atoms with Crippen molar-refractivity contribution in [3.63, 3.8) is 0 Å². The SMILES string of the molecule is C[C@H]1[C@@H](CSc2nnnn2C)O[C@@H](c2ccc(N3C(=O)CC(NC(=O)OCc4ccccc4)C3=O)cc2)O[C@H]1c1ccc(CO)cc1. The summed E-state index contributed by atoms with van der Waals surface area (Å²) in [7, 11) is 1.78. The fourth-order valence-corrected chi connectivity index (χ4v) is 6.53. The summed E-state index contributed by atoms with van der Waals surface area (Å²) in [6, 6.07) is 22.6. The molecule has 13 nitrogen and oxygen atoms in total. The van der Waals surface area contributed by atoms with Crippen LogP contribution in [0.1, 0.15) is 48.0 Å². The number of alkyl carbamates (subject to hydrolysis) is 1. The van der Waals surface area contributed by atoms with Crippen molar-refractivity contribution in [1.29, 1.82) is 0 Å². The standard InChI is InChI=1S/C33H34N6O7S/c1-20-27(19-47-32-35-36-37-38(32)2)45-31(46-29(20)23-10-8-21(17-40)9-11-23)24-12-14-25(15-13-24)39-28(41)16-26(30(39)42)34-33(43)44-18-22-6-4-3-5-7-22/h3-15,20,26-27,29,31,40H,16-19H2,1-2H3,(H,34,43)/t20-,26?,27+,29+,31+/m0/s1. The van der Waals surface area contributed by atoms with Gasteiger partial charge in [-0.1, -0.05) is 85.4 Å². The topological polar surface area (TPSA) is 158 Å². The number of anilines is 1. The second-order valence-electron chi connectivity index (χ2n) is 11.3. The number of nitrogens with one attached hydrogen (secondary N) is 1. The van der Waals surface area contributed by atoms with Gasteiger partial charge in [0.1, 0.15) is 12.6 Å². The summed E-state index contributed by atoms with van der Waals surface area (Å²) in [4.78, 5) is 39.5. The van der Waals surface area contributed by atoms with Crippen molar-refractivity contribution in [3.05, 3.63) is 101 Å². The Labute approximate surface area is 275 Å². The molecule has 47 heavy (non-hydrogen) atoms. The number of tetrazole rings is 1. The van der Waals surface area contributed by atoms with Gasteiger partial charge in [0.15, 0.2) is 6.29 Å². The zero-order valence-corrected chi connectivity index (χ0v) is 26.6. The smallest absolute Gasteiger partial charge is 0.408 e. The van der Waals surface area contributed by atoms with E-state index in [4.69, 9.17) is 14.2 Å². The molecule has 3 aromatic carbocycles. The first-order valence-electron chi connectivity index (χ1n) is 15.1. The highest BCUT2D eigenvalue weighted by atomic mass is 32.2. The number of aliphatic hydroxyl groups is 1. The van der Waals surface area contributed by atoms with Crippen LogP contribution in [0.25, 0.3) is 0 Å². The molecule has 2 fully saturated rings. The van der Waals surface area contributed by atoms with E-state index in [1.807, 2.05) is 54.6 Å². The predicted octanol–water partition coefficient (Wildman–Crippen LogP) is 3.84. The molecule has 14 heteroatoms. The molecule has 2 aliphatic rings. The minimum absolute atomic E-state index is 0.0390. The maximum Gasteiger partial charge on any atom is 0.408 e. The van der Waals surface area contributed by atoms with Crippen molar-refractivity contribution in [2.75, 3.05) is 10.7 Å². The first kappa shape index (κ1) is 32.3. The van der Waals surface area contributed by atoms with Gasteiger partial charge < -0.3 is 24.6 Å². The Morgan fingerprint density at radius 2 is 1.72 bits per heavy atom. The Kier molecular flexibility index (Phi) is 9.92. The van der Waals surface area contributed by atoms with Gasteiger partial charge in [-0.05, 0) is 39.2 Å². The van der Waals surface area contributed by atoms with Crippen LogP contribution >= 0.6 is 11.8 Å². The van der Waals surface area contributed by atoms with Crippen molar-refractivity contribution in [2.24, 2.45) is 13.0 Å². The van der Waals surface area contributed by atoms with Crippen LogP contribution in [0.5, 0.6) is 0 Å². The average Bonchev–Trinajstić information content (AvgIpc) is 3.63. The van der Waals surface area contributed by atoms with Crippen LogP contribution in [0.15, 0.2) is 84.0 Å². The molecule has 2 aliphatic heterocycles. The predicted molar refractivity (Wildman–Crippen MR) is 170 cm³/mol. The number of imide groups is 1. The van der Waals surface area contributed by atoms with E-state index < -0.39 is 30.2 Å². The van der Waals surface area contributed by atoms with E-state index in [1.54, 1.807) is 36.0 Å². The molecule has 5 atom stereocenters. The lowest BCUT2D eigenvalue weighted by molar-refractivity contribution is -0.268. The molecular weight excluding hydrogens is 624 g/mol. The van der Waals surface area contributed by atoms with Crippen molar-refractivity contribution < 1.29 is 33.7 Å². The Balaban J connectivity index is 1.14. The number of rotatable bonds is 10. The van der Waals surface area contributed by atoms with Gasteiger partial charge >= 0.3 is 6.09 Å². The fourth-order valence-electron chi connectivity index (χ4n) is 5.51. The number of ether oxygens (including phenoxy) is 3. The van der Waals surface area contributed by atoms with Crippen LogP contribution in [-0.4, -0.2) is 61.1 Å². The van der Waals surface area contributed by atoms with E-state index in [2.05, 4.69) is 27.8 Å². The summed E-state index contributed by atoms with van der Waals surface area (Å²) in [5.41, 5.74) is 3.62. The van der Waals surface area contributed by atoms with E-state index in [0.29, 0.717) is 22.2 Å². The summed E-state index contributed by atoms with van der Waals surface area (Å²) in [5.74, 6) is -0.447. The highest BCUT2D eigenvalue weighted by Crippen LogP contribution is 2.43. The number of aryl methyl sites for hydroxylation is 1. The molecule has 0 radical (unpaired) electrons. The van der Waals surface area contributed by atoms with Gasteiger partial charge in [-0.2, -0.15) is 0 Å². The molecule has 0 spiro atoms. The fraction of sp³-hybridized carbons (Fsp3) is 0.333. The van der Waals surface area contributed by atoms with Gasteiger partial charge in [-0.25, -0.2) is 14.4 Å². The van der Waals surface area contributed by atoms with Gasteiger partial charge in [0, 0.05) is 24.3 Å². The number of thioether (sulfide) groups is 1. The lowest BCUT2D eigenvalue weighted by atomic mass is 9.91. The molecule has 6 rings (SSSR count). The number of hydrogen-bond donors (Lipinski definition) is 2. The second-order valence-corrected chi connectivity index (χ2v) is 12.3. The summed E-state index contributed by atoms with van der Waals surface area (Å²) in [6.45, 7) is 2.06. The highest BCUT2D eigenvalue weighted by Gasteiger charge is 2.42. The number of aromatic nitrogens is 4. The van der Waals surface area contributed by atoms with E-state index in [1.165, 1.54) is 11.8 Å². The van der Waals surface area contributed by atoms with Crippen molar-refractivity contribution in [1.82, 2.24) is 25.5 Å². The third-order valence-electron chi connectivity index (χ3n) is 8.16. The van der Waals surface area contributed by atoms with E-state index in [-0.39, 0.29) is 37.8 Å². The maximum absolute atomic E-state index is 13.2. The lowest BCUT2D eigenvalue weighted by Gasteiger charge is -2.41. The summed E-state index contributed by atoms with van der Waals surface area (Å²) in [5, 5.41) is 24.4. The number of carbonyl (C=O) groups excluding carboxylic acids is 3. The van der Waals surface area contributed by atoms with E-state index >= 15 is 0 Å². The van der Waals surface area contributed by atoms with E-state index in [9.17, 15) is 19.5 Å². The monoisotopic (exact) mass is 658 g/mol. The Morgan fingerprint density at radius 1 is 1.00 bits per heavy atom. The Bertz CT molecular complexity index is 1700. The summed E-state index contributed by atoms with van der Waals surface area (Å²) < 4.78 is 19.8.